The van der Waals surface area contributed by atoms with Crippen molar-refractivity contribution in [3.8, 4) is 5.82 Å². The molecule has 2 heterocycles. The molecule has 7 nitrogen and oxygen atoms in total. The Kier molecular flexibility index (Phi) is 4.98. The summed E-state index contributed by atoms with van der Waals surface area (Å²) in [6.07, 6.45) is 9.41. The van der Waals surface area contributed by atoms with Crippen LogP contribution in [0.5, 0.6) is 0 Å². The molecular formula is C17H24N6O. The van der Waals surface area contributed by atoms with Crippen LogP contribution in [0.1, 0.15) is 32.1 Å². The van der Waals surface area contributed by atoms with Crippen molar-refractivity contribution in [1.82, 2.24) is 14.5 Å². The number of nitrogens with two attached hydrogens (primary N) is 1. The van der Waals surface area contributed by atoms with Gasteiger partial charge in [-0.25, -0.2) is 0 Å². The zero-order valence-corrected chi connectivity index (χ0v) is 13.9. The monoisotopic (exact) mass is 328 g/mol. The lowest BCUT2D eigenvalue weighted by Crippen LogP contribution is -2.42. The van der Waals surface area contributed by atoms with Crippen LogP contribution in [0, 0.1) is 5.92 Å². The zero-order valence-electron chi connectivity index (χ0n) is 13.9. The number of amides is 1. The van der Waals surface area contributed by atoms with Crippen LogP contribution in [-0.4, -0.2) is 33.5 Å². The molecule has 1 amide bonds. The third-order valence-electron chi connectivity index (χ3n) is 4.54. The summed E-state index contributed by atoms with van der Waals surface area (Å²) >= 11 is 0. The molecular weight excluding hydrogens is 304 g/mol. The SMILES string of the molecule is CNc1nc(N[C@@H](C(N)=O)C2CCCCC2)cc(-n2cccc2)n1. The Morgan fingerprint density at radius 3 is 2.58 bits per heavy atom. The molecule has 1 atom stereocenters. The van der Waals surface area contributed by atoms with E-state index in [9.17, 15) is 4.79 Å². The van der Waals surface area contributed by atoms with Gasteiger partial charge in [0.2, 0.25) is 11.9 Å². The van der Waals surface area contributed by atoms with E-state index in [2.05, 4.69) is 20.6 Å². The summed E-state index contributed by atoms with van der Waals surface area (Å²) in [6, 6.07) is 5.30. The number of anilines is 2. The molecule has 0 aliphatic heterocycles. The molecule has 0 bridgehead atoms. The minimum absolute atomic E-state index is 0.263. The van der Waals surface area contributed by atoms with Crippen molar-refractivity contribution in [2.75, 3.05) is 17.7 Å². The molecule has 0 unspecified atom stereocenters. The molecule has 128 valence electrons. The second-order valence-electron chi connectivity index (χ2n) is 6.20. The molecule has 0 radical (unpaired) electrons. The van der Waals surface area contributed by atoms with Crippen molar-refractivity contribution >= 4 is 17.7 Å². The number of hydrogen-bond acceptors (Lipinski definition) is 5. The number of primary amides is 1. The number of carbonyl (C=O) groups is 1. The van der Waals surface area contributed by atoms with E-state index in [1.807, 2.05) is 35.2 Å². The first-order chi connectivity index (χ1) is 11.7. The highest BCUT2D eigenvalue weighted by molar-refractivity contribution is 5.83. The van der Waals surface area contributed by atoms with E-state index < -0.39 is 6.04 Å². The summed E-state index contributed by atoms with van der Waals surface area (Å²) in [5.74, 6) is 1.77. The highest BCUT2D eigenvalue weighted by atomic mass is 16.1. The first-order valence-corrected chi connectivity index (χ1v) is 8.43. The maximum Gasteiger partial charge on any atom is 0.240 e. The first kappa shape index (κ1) is 16.3. The smallest absolute Gasteiger partial charge is 0.240 e. The molecule has 2 aromatic heterocycles. The van der Waals surface area contributed by atoms with Crippen molar-refractivity contribution in [2.24, 2.45) is 11.7 Å². The molecule has 3 rings (SSSR count). The topological polar surface area (TPSA) is 97.9 Å². The third kappa shape index (κ3) is 3.67. The largest absolute Gasteiger partial charge is 0.368 e. The Bertz CT molecular complexity index is 678. The van der Waals surface area contributed by atoms with Gasteiger partial charge in [-0.2, -0.15) is 9.97 Å². The van der Waals surface area contributed by atoms with E-state index >= 15 is 0 Å². The van der Waals surface area contributed by atoms with Gasteiger partial charge in [-0.1, -0.05) is 19.3 Å². The summed E-state index contributed by atoms with van der Waals surface area (Å²) < 4.78 is 1.90. The van der Waals surface area contributed by atoms with E-state index in [1.165, 1.54) is 6.42 Å². The van der Waals surface area contributed by atoms with Gasteiger partial charge in [-0.15, -0.1) is 0 Å². The second-order valence-corrected chi connectivity index (χ2v) is 6.20. The van der Waals surface area contributed by atoms with Crippen LogP contribution in [0.4, 0.5) is 11.8 Å². The summed E-state index contributed by atoms with van der Waals surface area (Å²) in [4.78, 5) is 20.8. The summed E-state index contributed by atoms with van der Waals surface area (Å²) in [7, 11) is 1.77. The fraction of sp³-hybridized carbons (Fsp3) is 0.471. The van der Waals surface area contributed by atoms with E-state index in [4.69, 9.17) is 5.73 Å². The van der Waals surface area contributed by atoms with Gasteiger partial charge in [0.15, 0.2) is 0 Å². The minimum Gasteiger partial charge on any atom is -0.368 e. The molecule has 7 heteroatoms. The van der Waals surface area contributed by atoms with Crippen molar-refractivity contribution in [2.45, 2.75) is 38.1 Å². The lowest BCUT2D eigenvalue weighted by Gasteiger charge is -2.29. The molecule has 1 aliphatic carbocycles. The molecule has 0 aromatic carbocycles. The zero-order chi connectivity index (χ0) is 16.9. The standard InChI is InChI=1S/C17H24N6O/c1-19-17-21-13(11-14(22-17)23-9-5-6-10-23)20-15(16(18)24)12-7-3-2-4-8-12/h5-6,9-12,15H,2-4,7-8H2,1H3,(H2,18,24)(H2,19,20,21,22)/t15-/m1/s1. The molecule has 2 aromatic rings. The van der Waals surface area contributed by atoms with Crippen LogP contribution >= 0.6 is 0 Å². The number of carbonyl (C=O) groups excluding carboxylic acids is 1. The van der Waals surface area contributed by atoms with Crippen LogP contribution < -0.4 is 16.4 Å². The predicted molar refractivity (Wildman–Crippen MR) is 94.1 cm³/mol. The molecule has 1 saturated carbocycles. The van der Waals surface area contributed by atoms with Crippen molar-refractivity contribution < 1.29 is 4.79 Å². The molecule has 0 saturated heterocycles. The van der Waals surface area contributed by atoms with Gasteiger partial charge in [0.05, 0.1) is 0 Å². The second kappa shape index (κ2) is 7.33. The van der Waals surface area contributed by atoms with Gasteiger partial charge in [0.1, 0.15) is 17.7 Å². The van der Waals surface area contributed by atoms with Crippen molar-refractivity contribution in [3.63, 3.8) is 0 Å². The lowest BCUT2D eigenvalue weighted by atomic mass is 9.83. The Balaban J connectivity index is 1.86. The van der Waals surface area contributed by atoms with Gasteiger partial charge in [-0.05, 0) is 30.9 Å². The van der Waals surface area contributed by atoms with E-state index in [1.54, 1.807) is 7.05 Å². The maximum absolute atomic E-state index is 12.0. The Hall–Kier alpha value is -2.57. The quantitative estimate of drug-likeness (QED) is 0.755. The Labute approximate surface area is 141 Å². The molecule has 0 spiro atoms. The summed E-state index contributed by atoms with van der Waals surface area (Å²) in [5, 5.41) is 6.21. The van der Waals surface area contributed by atoms with Crippen LogP contribution in [-0.2, 0) is 4.79 Å². The van der Waals surface area contributed by atoms with E-state index in [-0.39, 0.29) is 11.8 Å². The summed E-state index contributed by atoms with van der Waals surface area (Å²) in [5.41, 5.74) is 5.65. The minimum atomic E-state index is -0.401. The highest BCUT2D eigenvalue weighted by Gasteiger charge is 2.28. The predicted octanol–water partition coefficient (Wildman–Crippen LogP) is 2.16. The average Bonchev–Trinajstić information content (AvgIpc) is 3.14. The number of rotatable bonds is 6. The number of nitrogens with one attached hydrogen (secondary N) is 2. The van der Waals surface area contributed by atoms with Crippen LogP contribution in [0.2, 0.25) is 0 Å². The number of aromatic nitrogens is 3. The van der Waals surface area contributed by atoms with Crippen LogP contribution in [0.15, 0.2) is 30.6 Å². The molecule has 24 heavy (non-hydrogen) atoms. The normalized spacial score (nSPS) is 16.5. The fourth-order valence-corrected chi connectivity index (χ4v) is 3.29. The van der Waals surface area contributed by atoms with E-state index in [0.717, 1.165) is 31.5 Å². The highest BCUT2D eigenvalue weighted by Crippen LogP contribution is 2.28. The van der Waals surface area contributed by atoms with Crippen molar-refractivity contribution in [1.29, 1.82) is 0 Å². The van der Waals surface area contributed by atoms with Gasteiger partial charge < -0.3 is 20.9 Å². The average molecular weight is 328 g/mol. The van der Waals surface area contributed by atoms with E-state index in [0.29, 0.717) is 11.8 Å². The van der Waals surface area contributed by atoms with Crippen LogP contribution in [0.25, 0.3) is 5.82 Å². The Morgan fingerprint density at radius 2 is 1.96 bits per heavy atom. The third-order valence-corrected chi connectivity index (χ3v) is 4.54. The first-order valence-electron chi connectivity index (χ1n) is 8.43. The Morgan fingerprint density at radius 1 is 1.25 bits per heavy atom. The van der Waals surface area contributed by atoms with Crippen molar-refractivity contribution in [3.05, 3.63) is 30.6 Å². The van der Waals surface area contributed by atoms with Gasteiger partial charge in [0.25, 0.3) is 0 Å². The van der Waals surface area contributed by atoms with Crippen LogP contribution in [0.3, 0.4) is 0 Å². The van der Waals surface area contributed by atoms with Gasteiger partial charge >= 0.3 is 0 Å². The van der Waals surface area contributed by atoms with Gasteiger partial charge in [0, 0.05) is 25.5 Å². The lowest BCUT2D eigenvalue weighted by molar-refractivity contribution is -0.120. The summed E-state index contributed by atoms with van der Waals surface area (Å²) in [6.45, 7) is 0. The molecule has 4 N–H and O–H groups in total. The molecule has 1 aliphatic rings. The number of hydrogen-bond donors (Lipinski definition) is 3. The molecule has 1 fully saturated rings. The fourth-order valence-electron chi connectivity index (χ4n) is 3.29. The number of nitrogens with zero attached hydrogens (tertiary/aromatic N) is 3. The van der Waals surface area contributed by atoms with Gasteiger partial charge in [-0.3, -0.25) is 4.79 Å². The maximum atomic E-state index is 12.0.